The Bertz CT molecular complexity index is 1170. The van der Waals surface area contributed by atoms with Gasteiger partial charge in [-0.25, -0.2) is 9.97 Å². The molecule has 2 aromatic rings. The minimum atomic E-state index is -4.50. The summed E-state index contributed by atoms with van der Waals surface area (Å²) in [6.45, 7) is 1.22. The standard InChI is InChI=1S/C25H29F3N6O2/c26-25(27,28)16-6-9-21-19(10-16)24(31-14-30-21)34(13-22(29)35)18-11-33(12-18)17-7-4-15(5-8-17)20-2-1-3-23(36)32-20/h1,3,6,9-10,14-15,17-18,20H,2,4-5,7-8,11-13H2,(H2,29,35)(H,32,36)/t15?,17?,20-/m1/s1. The van der Waals surface area contributed by atoms with Crippen LogP contribution in [0.2, 0.25) is 0 Å². The van der Waals surface area contributed by atoms with Gasteiger partial charge in [0.2, 0.25) is 11.8 Å². The topological polar surface area (TPSA) is 104 Å². The zero-order valence-electron chi connectivity index (χ0n) is 19.7. The molecule has 11 heteroatoms. The van der Waals surface area contributed by atoms with E-state index in [2.05, 4.69) is 20.2 Å². The van der Waals surface area contributed by atoms with Crippen LogP contribution in [0.4, 0.5) is 19.0 Å². The summed E-state index contributed by atoms with van der Waals surface area (Å²) in [4.78, 5) is 36.0. The molecule has 0 bridgehead atoms. The fourth-order valence-electron chi connectivity index (χ4n) is 5.77. The van der Waals surface area contributed by atoms with Crippen LogP contribution in [-0.2, 0) is 15.8 Å². The summed E-state index contributed by atoms with van der Waals surface area (Å²) in [5, 5.41) is 3.32. The molecule has 0 radical (unpaired) electrons. The minimum absolute atomic E-state index is 0.0203. The molecule has 8 nitrogen and oxygen atoms in total. The van der Waals surface area contributed by atoms with Crippen molar-refractivity contribution in [3.8, 4) is 0 Å². The van der Waals surface area contributed by atoms with Crippen molar-refractivity contribution in [2.24, 2.45) is 11.7 Å². The van der Waals surface area contributed by atoms with E-state index in [-0.39, 0.29) is 29.9 Å². The predicted octanol–water partition coefficient (Wildman–Crippen LogP) is 2.63. The van der Waals surface area contributed by atoms with Crippen LogP contribution in [0.5, 0.6) is 0 Å². The maximum absolute atomic E-state index is 13.4. The highest BCUT2D eigenvalue weighted by atomic mass is 19.4. The molecule has 1 saturated heterocycles. The number of anilines is 1. The molecular weight excluding hydrogens is 473 g/mol. The fraction of sp³-hybridized carbons (Fsp3) is 0.520. The van der Waals surface area contributed by atoms with Gasteiger partial charge in [0.25, 0.3) is 0 Å². The zero-order chi connectivity index (χ0) is 25.4. The van der Waals surface area contributed by atoms with Crippen molar-refractivity contribution < 1.29 is 22.8 Å². The second-order valence-electron chi connectivity index (χ2n) is 9.95. The van der Waals surface area contributed by atoms with E-state index in [1.807, 2.05) is 6.08 Å². The Kier molecular flexibility index (Phi) is 6.59. The number of alkyl halides is 3. The third-order valence-corrected chi connectivity index (χ3v) is 7.68. The molecule has 192 valence electrons. The van der Waals surface area contributed by atoms with Crippen LogP contribution in [0.1, 0.15) is 37.7 Å². The van der Waals surface area contributed by atoms with Crippen LogP contribution in [0, 0.1) is 5.92 Å². The lowest BCUT2D eigenvalue weighted by atomic mass is 9.78. The SMILES string of the molecule is NC(=O)CN(c1ncnc2ccc(C(F)(F)F)cc12)C1CN(C2CCC([C@H]3CC=CC(=O)N3)CC2)C1. The van der Waals surface area contributed by atoms with Crippen LogP contribution in [0.3, 0.4) is 0 Å². The van der Waals surface area contributed by atoms with Crippen LogP contribution in [0.15, 0.2) is 36.7 Å². The molecule has 0 unspecified atom stereocenters. The van der Waals surface area contributed by atoms with Gasteiger partial charge in [-0.15, -0.1) is 0 Å². The number of carbonyl (C=O) groups excluding carboxylic acids is 2. The number of nitrogens with two attached hydrogens (primary N) is 1. The lowest BCUT2D eigenvalue weighted by molar-refractivity contribution is -0.137. The predicted molar refractivity (Wildman–Crippen MR) is 128 cm³/mol. The van der Waals surface area contributed by atoms with Gasteiger partial charge in [-0.05, 0) is 62.3 Å². The molecule has 2 fully saturated rings. The number of nitrogens with one attached hydrogen (secondary N) is 1. The zero-order valence-corrected chi connectivity index (χ0v) is 19.7. The van der Waals surface area contributed by atoms with Gasteiger partial charge in [0.05, 0.1) is 23.7 Å². The van der Waals surface area contributed by atoms with Crippen molar-refractivity contribution in [1.29, 1.82) is 0 Å². The van der Waals surface area contributed by atoms with Crippen LogP contribution >= 0.6 is 0 Å². The highest BCUT2D eigenvalue weighted by molar-refractivity contribution is 5.92. The molecule has 2 aliphatic heterocycles. The van der Waals surface area contributed by atoms with Gasteiger partial charge in [-0.1, -0.05) is 6.08 Å². The van der Waals surface area contributed by atoms with Gasteiger partial charge in [-0.3, -0.25) is 14.5 Å². The van der Waals surface area contributed by atoms with Crippen LogP contribution in [0.25, 0.3) is 10.9 Å². The van der Waals surface area contributed by atoms with E-state index >= 15 is 0 Å². The monoisotopic (exact) mass is 502 g/mol. The maximum atomic E-state index is 13.4. The van der Waals surface area contributed by atoms with Crippen molar-refractivity contribution >= 4 is 28.5 Å². The first-order valence-electron chi connectivity index (χ1n) is 12.3. The highest BCUT2D eigenvalue weighted by Crippen LogP contribution is 2.37. The number of primary amides is 1. The molecule has 3 heterocycles. The van der Waals surface area contributed by atoms with Crippen LogP contribution < -0.4 is 16.0 Å². The molecule has 3 aliphatic rings. The number of nitrogens with zero attached hydrogens (tertiary/aromatic N) is 4. The number of likely N-dealkylation sites (tertiary alicyclic amines) is 1. The average molecular weight is 503 g/mol. The number of halogens is 3. The number of benzene rings is 1. The quantitative estimate of drug-likeness (QED) is 0.630. The van der Waals surface area contributed by atoms with E-state index in [1.165, 1.54) is 12.4 Å². The molecule has 0 spiro atoms. The van der Waals surface area contributed by atoms with Gasteiger partial charge in [0.1, 0.15) is 12.1 Å². The lowest BCUT2D eigenvalue weighted by Gasteiger charge is -2.50. The molecular formula is C25H29F3N6O2. The van der Waals surface area contributed by atoms with Gasteiger partial charge < -0.3 is 16.0 Å². The molecule has 1 saturated carbocycles. The van der Waals surface area contributed by atoms with Crippen molar-refractivity contribution in [3.05, 3.63) is 42.2 Å². The van der Waals surface area contributed by atoms with Gasteiger partial charge >= 0.3 is 6.18 Å². The van der Waals surface area contributed by atoms with Gasteiger partial charge in [-0.2, -0.15) is 13.2 Å². The second-order valence-corrected chi connectivity index (χ2v) is 9.95. The van der Waals surface area contributed by atoms with Crippen LogP contribution in [-0.4, -0.2) is 64.4 Å². The van der Waals surface area contributed by atoms with Crippen molar-refractivity contribution in [2.75, 3.05) is 24.5 Å². The molecule has 1 aromatic heterocycles. The Balaban J connectivity index is 1.27. The number of hydrogen-bond acceptors (Lipinski definition) is 6. The molecule has 36 heavy (non-hydrogen) atoms. The summed E-state index contributed by atoms with van der Waals surface area (Å²) in [5.41, 5.74) is 5.10. The average Bonchev–Trinajstić information content (AvgIpc) is 2.81. The Hall–Kier alpha value is -3.21. The third kappa shape index (κ3) is 5.02. The summed E-state index contributed by atoms with van der Waals surface area (Å²) in [6, 6.07) is 3.87. The minimum Gasteiger partial charge on any atom is -0.368 e. The number of aromatic nitrogens is 2. The first kappa shape index (κ1) is 24.5. The van der Waals surface area contributed by atoms with E-state index in [4.69, 9.17) is 5.73 Å². The van der Waals surface area contributed by atoms with Crippen molar-refractivity contribution in [1.82, 2.24) is 20.2 Å². The summed E-state index contributed by atoms with van der Waals surface area (Å²) < 4.78 is 40.1. The summed E-state index contributed by atoms with van der Waals surface area (Å²) in [5.74, 6) is 0.164. The largest absolute Gasteiger partial charge is 0.416 e. The number of amides is 2. The first-order chi connectivity index (χ1) is 17.2. The molecule has 1 aliphatic carbocycles. The Morgan fingerprint density at radius 3 is 2.58 bits per heavy atom. The lowest BCUT2D eigenvalue weighted by Crippen LogP contribution is -2.64. The molecule has 5 rings (SSSR count). The fourth-order valence-corrected chi connectivity index (χ4v) is 5.77. The van der Waals surface area contributed by atoms with Gasteiger partial charge in [0.15, 0.2) is 0 Å². The number of rotatable bonds is 6. The Labute approximate surface area is 206 Å². The summed E-state index contributed by atoms with van der Waals surface area (Å²) in [6.07, 6.45) is 5.32. The molecule has 2 amide bonds. The third-order valence-electron chi connectivity index (χ3n) is 7.68. The molecule has 3 N–H and O–H groups in total. The van der Waals surface area contributed by atoms with E-state index in [1.54, 1.807) is 11.0 Å². The Morgan fingerprint density at radius 1 is 1.17 bits per heavy atom. The summed E-state index contributed by atoms with van der Waals surface area (Å²) >= 11 is 0. The van der Waals surface area contributed by atoms with E-state index < -0.39 is 17.6 Å². The first-order valence-corrected chi connectivity index (χ1v) is 12.3. The number of carbonyl (C=O) groups is 2. The molecule has 1 atom stereocenters. The van der Waals surface area contributed by atoms with Crippen molar-refractivity contribution in [3.63, 3.8) is 0 Å². The second kappa shape index (κ2) is 9.68. The summed E-state index contributed by atoms with van der Waals surface area (Å²) in [7, 11) is 0. The smallest absolute Gasteiger partial charge is 0.368 e. The van der Waals surface area contributed by atoms with Crippen molar-refractivity contribution in [2.45, 2.75) is 56.4 Å². The van der Waals surface area contributed by atoms with E-state index in [0.29, 0.717) is 36.4 Å². The maximum Gasteiger partial charge on any atom is 0.416 e. The van der Waals surface area contributed by atoms with E-state index in [0.717, 1.165) is 44.2 Å². The Morgan fingerprint density at radius 2 is 1.92 bits per heavy atom. The molecule has 1 aromatic carbocycles. The highest BCUT2D eigenvalue weighted by Gasteiger charge is 2.40. The van der Waals surface area contributed by atoms with Gasteiger partial charge in [0, 0.05) is 30.6 Å². The number of fused-ring (bicyclic) bond motifs is 1. The normalized spacial score (nSPS) is 25.4. The van der Waals surface area contributed by atoms with E-state index in [9.17, 15) is 22.8 Å². The number of hydrogen-bond donors (Lipinski definition) is 2.